The molecule has 0 amide bonds. The maximum Gasteiger partial charge on any atom is 0.338 e. The van der Waals surface area contributed by atoms with Gasteiger partial charge in [0.25, 0.3) is 0 Å². The molecule has 3 rings (SSSR count). The molecule has 2 N–H and O–H groups in total. The number of methoxy groups -OCH3 is 1. The van der Waals surface area contributed by atoms with Gasteiger partial charge in [-0.1, -0.05) is 33.1 Å². The molecule has 0 unspecified atom stereocenters. The lowest BCUT2D eigenvalue weighted by Gasteiger charge is -2.38. The standard InChI is InChI=1S/C24H30F2N2O2/c1-15(2)14-28(17-7-5-4-6-8-17)23-13-21(26)20(12-22(23)27)19-11-16(25)9-10-18(19)24(29)30-3/h9-13,15,17H,4-8,14,27H2,1-3H3. The number of hydrogen-bond acceptors (Lipinski definition) is 4. The van der Waals surface area contributed by atoms with E-state index in [0.717, 1.165) is 44.4 Å². The summed E-state index contributed by atoms with van der Waals surface area (Å²) in [6, 6.07) is 6.84. The van der Waals surface area contributed by atoms with Crippen molar-refractivity contribution >= 4 is 17.3 Å². The van der Waals surface area contributed by atoms with Gasteiger partial charge in [0.2, 0.25) is 0 Å². The Labute approximate surface area is 177 Å². The van der Waals surface area contributed by atoms with Crippen LogP contribution in [0.2, 0.25) is 0 Å². The van der Waals surface area contributed by atoms with E-state index in [4.69, 9.17) is 10.5 Å². The van der Waals surface area contributed by atoms with Crippen molar-refractivity contribution < 1.29 is 18.3 Å². The van der Waals surface area contributed by atoms with Crippen LogP contribution >= 0.6 is 0 Å². The molecule has 0 aliphatic heterocycles. The Morgan fingerprint density at radius 1 is 1.13 bits per heavy atom. The van der Waals surface area contributed by atoms with Crippen LogP contribution < -0.4 is 10.6 Å². The second-order valence-electron chi connectivity index (χ2n) is 8.41. The fraction of sp³-hybridized carbons (Fsp3) is 0.458. The first kappa shape index (κ1) is 22.1. The SMILES string of the molecule is COC(=O)c1ccc(F)cc1-c1cc(N)c(N(CC(C)C)C2CCCCC2)cc1F. The van der Waals surface area contributed by atoms with Gasteiger partial charge in [0.05, 0.1) is 24.0 Å². The van der Waals surface area contributed by atoms with E-state index < -0.39 is 17.6 Å². The molecular weight excluding hydrogens is 386 g/mol. The van der Waals surface area contributed by atoms with Crippen LogP contribution in [0.4, 0.5) is 20.2 Å². The molecule has 1 aliphatic carbocycles. The lowest BCUT2D eigenvalue weighted by atomic mass is 9.92. The average Bonchev–Trinajstić information content (AvgIpc) is 2.73. The van der Waals surface area contributed by atoms with E-state index >= 15 is 4.39 Å². The largest absolute Gasteiger partial charge is 0.465 e. The number of halogens is 2. The van der Waals surface area contributed by atoms with Crippen LogP contribution in [0.3, 0.4) is 0 Å². The zero-order valence-electron chi connectivity index (χ0n) is 17.9. The van der Waals surface area contributed by atoms with Gasteiger partial charge in [-0.15, -0.1) is 0 Å². The summed E-state index contributed by atoms with van der Waals surface area (Å²) in [5.41, 5.74) is 7.78. The third-order valence-electron chi connectivity index (χ3n) is 5.68. The number of hydrogen-bond donors (Lipinski definition) is 1. The van der Waals surface area contributed by atoms with Gasteiger partial charge in [0.1, 0.15) is 11.6 Å². The average molecular weight is 417 g/mol. The number of rotatable bonds is 6. The highest BCUT2D eigenvalue weighted by Crippen LogP contribution is 2.37. The first-order chi connectivity index (χ1) is 14.3. The van der Waals surface area contributed by atoms with Crippen molar-refractivity contribution in [3.05, 3.63) is 47.5 Å². The molecule has 2 aromatic carbocycles. The van der Waals surface area contributed by atoms with Gasteiger partial charge < -0.3 is 15.4 Å². The van der Waals surface area contributed by atoms with Gasteiger partial charge in [-0.25, -0.2) is 13.6 Å². The van der Waals surface area contributed by atoms with Crippen LogP contribution in [0.5, 0.6) is 0 Å². The van der Waals surface area contributed by atoms with Gasteiger partial charge >= 0.3 is 5.97 Å². The van der Waals surface area contributed by atoms with E-state index in [-0.39, 0.29) is 16.7 Å². The zero-order valence-corrected chi connectivity index (χ0v) is 17.9. The second-order valence-corrected chi connectivity index (χ2v) is 8.41. The molecule has 6 heteroatoms. The molecule has 30 heavy (non-hydrogen) atoms. The van der Waals surface area contributed by atoms with Crippen molar-refractivity contribution in [3.8, 4) is 11.1 Å². The van der Waals surface area contributed by atoms with Gasteiger partial charge in [-0.3, -0.25) is 0 Å². The summed E-state index contributed by atoms with van der Waals surface area (Å²) in [4.78, 5) is 14.3. The van der Waals surface area contributed by atoms with Gasteiger partial charge in [0, 0.05) is 23.7 Å². The summed E-state index contributed by atoms with van der Waals surface area (Å²) in [5, 5.41) is 0. The highest BCUT2D eigenvalue weighted by atomic mass is 19.1. The van der Waals surface area contributed by atoms with E-state index in [1.165, 1.54) is 31.7 Å². The number of carbonyl (C=O) groups excluding carboxylic acids is 1. The summed E-state index contributed by atoms with van der Waals surface area (Å²) in [6.07, 6.45) is 5.67. The van der Waals surface area contributed by atoms with E-state index in [0.29, 0.717) is 23.3 Å². The normalized spacial score (nSPS) is 14.7. The summed E-state index contributed by atoms with van der Waals surface area (Å²) in [6.45, 7) is 5.04. The molecule has 0 spiro atoms. The monoisotopic (exact) mass is 416 g/mol. The Kier molecular flexibility index (Phi) is 6.95. The third kappa shape index (κ3) is 4.74. The van der Waals surface area contributed by atoms with Crippen molar-refractivity contribution in [1.29, 1.82) is 0 Å². The number of nitrogen functional groups attached to an aromatic ring is 1. The number of esters is 1. The minimum Gasteiger partial charge on any atom is -0.465 e. The van der Waals surface area contributed by atoms with Crippen LogP contribution in [-0.2, 0) is 4.74 Å². The van der Waals surface area contributed by atoms with Crippen molar-refractivity contribution in [3.63, 3.8) is 0 Å². The molecule has 1 saturated carbocycles. The van der Waals surface area contributed by atoms with Crippen LogP contribution in [-0.4, -0.2) is 25.7 Å². The number of benzene rings is 2. The fourth-order valence-corrected chi connectivity index (χ4v) is 4.29. The maximum atomic E-state index is 15.3. The zero-order chi connectivity index (χ0) is 21.8. The molecular formula is C24H30F2N2O2. The number of nitrogens with zero attached hydrogens (tertiary/aromatic N) is 1. The molecule has 1 fully saturated rings. The fourth-order valence-electron chi connectivity index (χ4n) is 4.29. The number of nitrogens with two attached hydrogens (primary N) is 1. The van der Waals surface area contributed by atoms with Crippen molar-refractivity contribution in [1.82, 2.24) is 0 Å². The second kappa shape index (κ2) is 9.45. The summed E-state index contributed by atoms with van der Waals surface area (Å²) < 4.78 is 34.0. The molecule has 0 radical (unpaired) electrons. The van der Waals surface area contributed by atoms with E-state index in [1.54, 1.807) is 0 Å². The molecule has 0 heterocycles. The van der Waals surface area contributed by atoms with E-state index in [9.17, 15) is 9.18 Å². The highest BCUT2D eigenvalue weighted by Gasteiger charge is 2.26. The lowest BCUT2D eigenvalue weighted by molar-refractivity contribution is 0.0601. The number of carbonyl (C=O) groups is 1. The molecule has 2 aromatic rings. The van der Waals surface area contributed by atoms with E-state index in [1.807, 2.05) is 0 Å². The first-order valence-electron chi connectivity index (χ1n) is 10.6. The predicted molar refractivity (Wildman–Crippen MR) is 117 cm³/mol. The Morgan fingerprint density at radius 3 is 2.47 bits per heavy atom. The highest BCUT2D eigenvalue weighted by molar-refractivity contribution is 5.98. The van der Waals surface area contributed by atoms with Crippen molar-refractivity contribution in [2.75, 3.05) is 24.3 Å². The van der Waals surface area contributed by atoms with Gasteiger partial charge in [0.15, 0.2) is 0 Å². The van der Waals surface area contributed by atoms with Crippen LogP contribution in [0, 0.1) is 17.6 Å². The van der Waals surface area contributed by atoms with Crippen LogP contribution in [0.25, 0.3) is 11.1 Å². The van der Waals surface area contributed by atoms with Crippen molar-refractivity contribution in [2.45, 2.75) is 52.0 Å². The molecule has 0 bridgehead atoms. The quantitative estimate of drug-likeness (QED) is 0.478. The van der Waals surface area contributed by atoms with Crippen LogP contribution in [0.15, 0.2) is 30.3 Å². The molecule has 1 aliphatic rings. The topological polar surface area (TPSA) is 55.6 Å². The van der Waals surface area contributed by atoms with Gasteiger partial charge in [-0.2, -0.15) is 0 Å². The molecule has 162 valence electrons. The summed E-state index contributed by atoms with van der Waals surface area (Å²) in [5.74, 6) is -1.37. The first-order valence-corrected chi connectivity index (χ1v) is 10.6. The smallest absolute Gasteiger partial charge is 0.338 e. The molecule has 0 saturated heterocycles. The Morgan fingerprint density at radius 2 is 1.83 bits per heavy atom. The van der Waals surface area contributed by atoms with E-state index in [2.05, 4.69) is 18.7 Å². The minimum atomic E-state index is -0.657. The maximum absolute atomic E-state index is 15.3. The number of ether oxygens (including phenoxy) is 1. The summed E-state index contributed by atoms with van der Waals surface area (Å²) >= 11 is 0. The molecule has 0 aromatic heterocycles. The van der Waals surface area contributed by atoms with Crippen molar-refractivity contribution in [2.24, 2.45) is 5.92 Å². The van der Waals surface area contributed by atoms with Gasteiger partial charge in [-0.05, 0) is 49.1 Å². The molecule has 4 nitrogen and oxygen atoms in total. The Hall–Kier alpha value is -2.63. The minimum absolute atomic E-state index is 0.0873. The predicted octanol–water partition coefficient (Wildman–Crippen LogP) is 5.80. The third-order valence-corrected chi connectivity index (χ3v) is 5.68. The summed E-state index contributed by atoms with van der Waals surface area (Å²) in [7, 11) is 1.23. The lowest BCUT2D eigenvalue weighted by Crippen LogP contribution is -2.39. The molecule has 0 atom stereocenters. The number of anilines is 2. The Bertz CT molecular complexity index is 908. The Balaban J connectivity index is 2.07. The van der Waals surface area contributed by atoms with Crippen LogP contribution in [0.1, 0.15) is 56.3 Å².